The lowest BCUT2D eigenvalue weighted by Gasteiger charge is -2.35. The van der Waals surface area contributed by atoms with Gasteiger partial charge >= 0.3 is 0 Å². The van der Waals surface area contributed by atoms with E-state index in [1.807, 2.05) is 48.7 Å². The van der Waals surface area contributed by atoms with Crippen LogP contribution in [0.2, 0.25) is 0 Å². The molecule has 1 aliphatic heterocycles. The SMILES string of the molecule is Cc1ccc(C(=O)Nc2cc(F)cc(CN3CCN(C(=O)c4cccn4C)CC3)c2C)cn1. The molecule has 4 rings (SSSR count). The molecule has 1 saturated heterocycles. The van der Waals surface area contributed by atoms with Crippen molar-refractivity contribution < 1.29 is 14.0 Å². The van der Waals surface area contributed by atoms with E-state index in [-0.39, 0.29) is 11.8 Å². The van der Waals surface area contributed by atoms with Gasteiger partial charge in [-0.05, 0) is 61.4 Å². The zero-order chi connectivity index (χ0) is 23.5. The second-order valence-corrected chi connectivity index (χ2v) is 8.45. The highest BCUT2D eigenvalue weighted by Crippen LogP contribution is 2.24. The Kier molecular flexibility index (Phi) is 6.55. The van der Waals surface area contributed by atoms with Crippen LogP contribution in [-0.4, -0.2) is 57.3 Å². The number of hydrogen-bond acceptors (Lipinski definition) is 4. The molecule has 8 heteroatoms. The van der Waals surface area contributed by atoms with E-state index >= 15 is 0 Å². The molecule has 0 aliphatic carbocycles. The fourth-order valence-electron chi connectivity index (χ4n) is 4.02. The summed E-state index contributed by atoms with van der Waals surface area (Å²) in [6, 6.07) is 10.0. The van der Waals surface area contributed by atoms with Crippen LogP contribution in [0, 0.1) is 19.7 Å². The Morgan fingerprint density at radius 3 is 2.48 bits per heavy atom. The summed E-state index contributed by atoms with van der Waals surface area (Å²) < 4.78 is 16.2. The Morgan fingerprint density at radius 1 is 1.09 bits per heavy atom. The van der Waals surface area contributed by atoms with Gasteiger partial charge in [-0.25, -0.2) is 4.39 Å². The number of aromatic nitrogens is 2. The van der Waals surface area contributed by atoms with Crippen LogP contribution >= 0.6 is 0 Å². The summed E-state index contributed by atoms with van der Waals surface area (Å²) in [6.45, 7) is 6.90. The van der Waals surface area contributed by atoms with Crippen molar-refractivity contribution >= 4 is 17.5 Å². The van der Waals surface area contributed by atoms with Crippen molar-refractivity contribution in [1.82, 2.24) is 19.4 Å². The molecule has 172 valence electrons. The first kappa shape index (κ1) is 22.7. The number of pyridine rings is 1. The molecule has 1 fully saturated rings. The van der Waals surface area contributed by atoms with Crippen molar-refractivity contribution in [2.24, 2.45) is 7.05 Å². The number of benzene rings is 1. The minimum absolute atomic E-state index is 0.0275. The maximum atomic E-state index is 14.4. The van der Waals surface area contributed by atoms with Crippen LogP contribution in [0.15, 0.2) is 48.8 Å². The summed E-state index contributed by atoms with van der Waals surface area (Å²) in [5, 5.41) is 2.81. The van der Waals surface area contributed by atoms with E-state index in [1.165, 1.54) is 18.3 Å². The summed E-state index contributed by atoms with van der Waals surface area (Å²) in [7, 11) is 1.86. The van der Waals surface area contributed by atoms with Crippen molar-refractivity contribution in [3.05, 3.63) is 82.7 Å². The lowest BCUT2D eigenvalue weighted by Crippen LogP contribution is -2.48. The van der Waals surface area contributed by atoms with Crippen molar-refractivity contribution in [2.75, 3.05) is 31.5 Å². The fourth-order valence-corrected chi connectivity index (χ4v) is 4.02. The predicted octanol–water partition coefficient (Wildman–Crippen LogP) is 3.39. The number of carbonyl (C=O) groups excluding carboxylic acids is 2. The van der Waals surface area contributed by atoms with Crippen LogP contribution in [0.1, 0.15) is 37.7 Å². The third-order valence-electron chi connectivity index (χ3n) is 6.12. The quantitative estimate of drug-likeness (QED) is 0.648. The van der Waals surface area contributed by atoms with Gasteiger partial charge in [0, 0.05) is 63.5 Å². The zero-order valence-electron chi connectivity index (χ0n) is 19.1. The van der Waals surface area contributed by atoms with E-state index in [1.54, 1.807) is 12.1 Å². The molecule has 0 spiro atoms. The molecular weight excluding hydrogens is 421 g/mol. The van der Waals surface area contributed by atoms with Gasteiger partial charge in [0.2, 0.25) is 0 Å². The second kappa shape index (κ2) is 9.54. The molecule has 33 heavy (non-hydrogen) atoms. The monoisotopic (exact) mass is 449 g/mol. The molecule has 0 radical (unpaired) electrons. The molecule has 3 aromatic rings. The minimum atomic E-state index is -0.398. The maximum absolute atomic E-state index is 14.4. The second-order valence-electron chi connectivity index (χ2n) is 8.45. The van der Waals surface area contributed by atoms with Crippen molar-refractivity contribution in [3.63, 3.8) is 0 Å². The van der Waals surface area contributed by atoms with Gasteiger partial charge in [-0.15, -0.1) is 0 Å². The third kappa shape index (κ3) is 5.12. The predicted molar refractivity (Wildman–Crippen MR) is 125 cm³/mol. The Balaban J connectivity index is 1.41. The molecule has 1 aliphatic rings. The molecule has 1 aromatic carbocycles. The van der Waals surface area contributed by atoms with Crippen LogP contribution in [0.3, 0.4) is 0 Å². The molecule has 0 atom stereocenters. The highest BCUT2D eigenvalue weighted by atomic mass is 19.1. The number of rotatable bonds is 5. The van der Waals surface area contributed by atoms with Crippen molar-refractivity contribution in [1.29, 1.82) is 0 Å². The number of nitrogens with zero attached hydrogens (tertiary/aromatic N) is 4. The van der Waals surface area contributed by atoms with E-state index in [0.717, 1.165) is 16.8 Å². The van der Waals surface area contributed by atoms with Crippen LogP contribution in [-0.2, 0) is 13.6 Å². The largest absolute Gasteiger partial charge is 0.347 e. The third-order valence-corrected chi connectivity index (χ3v) is 6.12. The van der Waals surface area contributed by atoms with E-state index in [9.17, 15) is 14.0 Å². The van der Waals surface area contributed by atoms with Gasteiger partial charge in [0.25, 0.3) is 11.8 Å². The normalized spacial score (nSPS) is 14.4. The molecule has 1 N–H and O–H groups in total. The summed E-state index contributed by atoms with van der Waals surface area (Å²) in [5.41, 5.74) is 4.01. The van der Waals surface area contributed by atoms with Gasteiger partial charge in [-0.2, -0.15) is 0 Å². The number of piperazine rings is 1. The molecule has 7 nitrogen and oxygen atoms in total. The number of hydrogen-bond donors (Lipinski definition) is 1. The topological polar surface area (TPSA) is 70.5 Å². The molecule has 2 amide bonds. The van der Waals surface area contributed by atoms with Gasteiger partial charge in [0.05, 0.1) is 5.56 Å². The van der Waals surface area contributed by atoms with Gasteiger partial charge in [-0.3, -0.25) is 19.5 Å². The average molecular weight is 450 g/mol. The standard InChI is InChI=1S/C25H28FN5O2/c1-17-6-7-19(15-27-17)24(32)28-22-14-21(26)13-20(18(22)2)16-30-9-11-31(12-10-30)25(33)23-5-4-8-29(23)3/h4-8,13-15H,9-12,16H2,1-3H3,(H,28,32). The number of aryl methyl sites for hydroxylation is 2. The van der Waals surface area contributed by atoms with E-state index in [4.69, 9.17) is 0 Å². The van der Waals surface area contributed by atoms with Gasteiger partial charge in [0.15, 0.2) is 0 Å². The summed E-state index contributed by atoms with van der Waals surface area (Å²) in [4.78, 5) is 33.5. The lowest BCUT2D eigenvalue weighted by molar-refractivity contribution is 0.0619. The molecule has 0 unspecified atom stereocenters. The van der Waals surface area contributed by atoms with E-state index in [0.29, 0.717) is 49.7 Å². The molecule has 0 saturated carbocycles. The smallest absolute Gasteiger partial charge is 0.270 e. The Morgan fingerprint density at radius 2 is 1.85 bits per heavy atom. The van der Waals surface area contributed by atoms with Gasteiger partial charge in [-0.1, -0.05) is 0 Å². The number of nitrogens with one attached hydrogen (secondary N) is 1. The average Bonchev–Trinajstić information content (AvgIpc) is 3.23. The summed E-state index contributed by atoms with van der Waals surface area (Å²) >= 11 is 0. The highest BCUT2D eigenvalue weighted by Gasteiger charge is 2.24. The minimum Gasteiger partial charge on any atom is -0.347 e. The maximum Gasteiger partial charge on any atom is 0.270 e. The zero-order valence-corrected chi connectivity index (χ0v) is 19.1. The Hall–Kier alpha value is -3.52. The highest BCUT2D eigenvalue weighted by molar-refractivity contribution is 6.04. The van der Waals surface area contributed by atoms with Gasteiger partial charge in [0.1, 0.15) is 11.5 Å². The molecule has 3 heterocycles. The number of anilines is 1. The number of amides is 2. The number of carbonyl (C=O) groups is 2. The molecular formula is C25H28FN5O2. The first-order chi connectivity index (χ1) is 15.8. The fraction of sp³-hybridized carbons (Fsp3) is 0.320. The molecule has 2 aromatic heterocycles. The lowest BCUT2D eigenvalue weighted by atomic mass is 10.0. The van der Waals surface area contributed by atoms with Crippen molar-refractivity contribution in [3.8, 4) is 0 Å². The molecule has 0 bridgehead atoms. The van der Waals surface area contributed by atoms with Gasteiger partial charge < -0.3 is 14.8 Å². The Bertz CT molecular complexity index is 1160. The van der Waals surface area contributed by atoms with Crippen LogP contribution in [0.4, 0.5) is 10.1 Å². The van der Waals surface area contributed by atoms with E-state index in [2.05, 4.69) is 15.2 Å². The summed E-state index contributed by atoms with van der Waals surface area (Å²) in [5.74, 6) is -0.694. The first-order valence-corrected chi connectivity index (χ1v) is 11.0. The van der Waals surface area contributed by atoms with Crippen LogP contribution in [0.5, 0.6) is 0 Å². The summed E-state index contributed by atoms with van der Waals surface area (Å²) in [6.07, 6.45) is 3.37. The van der Waals surface area contributed by atoms with E-state index < -0.39 is 5.82 Å². The van der Waals surface area contributed by atoms with Crippen LogP contribution in [0.25, 0.3) is 0 Å². The Labute approximate surface area is 192 Å². The number of halogens is 1. The first-order valence-electron chi connectivity index (χ1n) is 11.0. The van der Waals surface area contributed by atoms with Crippen LogP contribution < -0.4 is 5.32 Å². The van der Waals surface area contributed by atoms with Crippen molar-refractivity contribution in [2.45, 2.75) is 20.4 Å².